The molecule has 2 N–H and O–H groups in total. The quantitative estimate of drug-likeness (QED) is 0.388. The van der Waals surface area contributed by atoms with Crippen LogP contribution in [0.3, 0.4) is 0 Å². The Morgan fingerprint density at radius 3 is 2.56 bits per heavy atom. The minimum atomic E-state index is -1.10. The molecule has 4 aliphatic rings. The van der Waals surface area contributed by atoms with E-state index in [9.17, 15) is 19.5 Å². The van der Waals surface area contributed by atoms with Gasteiger partial charge in [-0.2, -0.15) is 0 Å². The molecule has 0 aliphatic carbocycles. The zero-order valence-corrected chi connectivity index (χ0v) is 22.2. The number of hydrogen-bond donors (Lipinski definition) is 2. The molecule has 4 rings (SSSR count). The smallest absolute Gasteiger partial charge is 0.312 e. The number of likely N-dealkylation sites (tertiary alicyclic amines) is 1. The van der Waals surface area contributed by atoms with E-state index in [-0.39, 0.29) is 30.9 Å². The van der Waals surface area contributed by atoms with Crippen molar-refractivity contribution in [2.24, 2.45) is 17.8 Å². The zero-order valence-electron chi connectivity index (χ0n) is 22.2. The topological polar surface area (TPSA) is 118 Å². The highest BCUT2D eigenvalue weighted by atomic mass is 16.6. The summed E-state index contributed by atoms with van der Waals surface area (Å²) in [6, 6.07) is -1.43. The molecule has 0 aromatic rings. The maximum absolute atomic E-state index is 14.1. The summed E-state index contributed by atoms with van der Waals surface area (Å²) in [5.41, 5.74) is -1.91. The van der Waals surface area contributed by atoms with Crippen LogP contribution in [0.15, 0.2) is 0 Å². The zero-order chi connectivity index (χ0) is 26.1. The molecular formula is C26H43N3O7. The van der Waals surface area contributed by atoms with Crippen molar-refractivity contribution < 1.29 is 33.7 Å². The van der Waals surface area contributed by atoms with Gasteiger partial charge in [0, 0.05) is 26.2 Å². The molecule has 36 heavy (non-hydrogen) atoms. The molecule has 0 aromatic carbocycles. The van der Waals surface area contributed by atoms with Crippen LogP contribution in [0.5, 0.6) is 0 Å². The van der Waals surface area contributed by atoms with Gasteiger partial charge in [0.05, 0.1) is 44.0 Å². The molecule has 2 unspecified atom stereocenters. The largest absolute Gasteiger partial charge is 0.466 e. The van der Waals surface area contributed by atoms with Crippen LogP contribution in [-0.4, -0.2) is 109 Å². The van der Waals surface area contributed by atoms with Gasteiger partial charge in [-0.1, -0.05) is 20.8 Å². The molecule has 1 spiro atoms. The Kier molecular flexibility index (Phi) is 8.29. The number of aliphatic hydroxyl groups is 1. The van der Waals surface area contributed by atoms with Crippen molar-refractivity contribution in [1.29, 1.82) is 0 Å². The first-order valence-corrected chi connectivity index (χ1v) is 13.6. The third-order valence-electron chi connectivity index (χ3n) is 8.59. The summed E-state index contributed by atoms with van der Waals surface area (Å²) in [5, 5.41) is 13.4. The Morgan fingerprint density at radius 1 is 1.22 bits per heavy atom. The maximum atomic E-state index is 14.1. The standard InChI is InChI=1S/C26H43N3O7/c1-5-25-7-8-26(36-25)19(20(25)24(33)35-6-2)23(32)29(18(16-30)15-17(3)4)21(26)22(31)27-9-10-28-11-13-34-14-12-28/h17-21,30H,5-16H2,1-4H3,(H,27,31)/t18-,19+,20-,21?,25+,26?/m1/s1. The third kappa shape index (κ3) is 4.54. The molecule has 204 valence electrons. The van der Waals surface area contributed by atoms with Gasteiger partial charge in [-0.05, 0) is 38.5 Å². The Hall–Kier alpha value is -1.75. The molecule has 6 atom stereocenters. The summed E-state index contributed by atoms with van der Waals surface area (Å²) in [5.74, 6) is -2.33. The fourth-order valence-electron chi connectivity index (χ4n) is 7.02. The Bertz CT molecular complexity index is 832. The fraction of sp³-hybridized carbons (Fsp3) is 0.885. The second-order valence-corrected chi connectivity index (χ2v) is 11.0. The number of esters is 1. The van der Waals surface area contributed by atoms with Gasteiger partial charge in [0.15, 0.2) is 0 Å². The van der Waals surface area contributed by atoms with Gasteiger partial charge in [0.1, 0.15) is 17.6 Å². The maximum Gasteiger partial charge on any atom is 0.312 e. The highest BCUT2D eigenvalue weighted by Crippen LogP contribution is 2.64. The third-order valence-corrected chi connectivity index (χ3v) is 8.59. The summed E-state index contributed by atoms with van der Waals surface area (Å²) in [6.45, 7) is 11.8. The summed E-state index contributed by atoms with van der Waals surface area (Å²) in [7, 11) is 0. The van der Waals surface area contributed by atoms with Crippen LogP contribution in [0.2, 0.25) is 0 Å². The SMILES string of the molecule is CCOC(=O)[C@H]1[C@H]2C(=O)N([C@@H](CO)CC(C)C)C(C(=O)NCCN3CCOCC3)C23CC[C@]1(CC)O3. The van der Waals surface area contributed by atoms with Crippen LogP contribution in [0.1, 0.15) is 53.4 Å². The molecule has 4 saturated heterocycles. The van der Waals surface area contributed by atoms with E-state index in [2.05, 4.69) is 10.2 Å². The summed E-state index contributed by atoms with van der Waals surface area (Å²) in [4.78, 5) is 44.9. The molecule has 0 aromatic heterocycles. The number of nitrogens with zero attached hydrogens (tertiary/aromatic N) is 2. The van der Waals surface area contributed by atoms with Crippen molar-refractivity contribution in [2.75, 3.05) is 52.6 Å². The first kappa shape index (κ1) is 27.3. The number of amides is 2. The molecule has 10 nitrogen and oxygen atoms in total. The Labute approximate surface area is 214 Å². The Morgan fingerprint density at radius 2 is 1.94 bits per heavy atom. The van der Waals surface area contributed by atoms with Gasteiger partial charge in [-0.15, -0.1) is 0 Å². The monoisotopic (exact) mass is 509 g/mol. The highest BCUT2D eigenvalue weighted by molar-refractivity contribution is 5.98. The van der Waals surface area contributed by atoms with Crippen molar-refractivity contribution in [3.05, 3.63) is 0 Å². The van der Waals surface area contributed by atoms with Gasteiger partial charge in [-0.25, -0.2) is 0 Å². The molecular weight excluding hydrogens is 466 g/mol. The molecule has 4 fully saturated rings. The van der Waals surface area contributed by atoms with Crippen LogP contribution >= 0.6 is 0 Å². The van der Waals surface area contributed by atoms with Crippen LogP contribution < -0.4 is 5.32 Å². The number of morpholine rings is 1. The number of hydrogen-bond acceptors (Lipinski definition) is 8. The van der Waals surface area contributed by atoms with Crippen molar-refractivity contribution in [2.45, 2.75) is 76.7 Å². The number of nitrogens with one attached hydrogen (secondary N) is 1. The molecule has 4 heterocycles. The van der Waals surface area contributed by atoms with Crippen LogP contribution in [0, 0.1) is 17.8 Å². The van der Waals surface area contributed by atoms with Gasteiger partial charge < -0.3 is 29.5 Å². The van der Waals surface area contributed by atoms with E-state index in [1.807, 2.05) is 20.8 Å². The van der Waals surface area contributed by atoms with Crippen LogP contribution in [-0.2, 0) is 28.6 Å². The number of fused-ring (bicyclic) bond motifs is 1. The van der Waals surface area contributed by atoms with E-state index in [0.29, 0.717) is 52.0 Å². The van der Waals surface area contributed by atoms with Gasteiger partial charge in [-0.3, -0.25) is 19.3 Å². The number of carbonyl (C=O) groups is 3. The van der Waals surface area contributed by atoms with Gasteiger partial charge in [0.25, 0.3) is 0 Å². The van der Waals surface area contributed by atoms with Gasteiger partial charge in [0.2, 0.25) is 11.8 Å². The number of aliphatic hydroxyl groups excluding tert-OH is 1. The lowest BCUT2D eigenvalue weighted by atomic mass is 9.65. The normalized spacial score (nSPS) is 34.8. The van der Waals surface area contributed by atoms with E-state index < -0.39 is 41.1 Å². The lowest BCUT2D eigenvalue weighted by Crippen LogP contribution is -2.58. The summed E-state index contributed by atoms with van der Waals surface area (Å²) >= 11 is 0. The van der Waals surface area contributed by atoms with Crippen LogP contribution in [0.25, 0.3) is 0 Å². The molecule has 2 bridgehead atoms. The number of ether oxygens (including phenoxy) is 3. The van der Waals surface area contributed by atoms with E-state index >= 15 is 0 Å². The molecule has 2 amide bonds. The highest BCUT2D eigenvalue weighted by Gasteiger charge is 2.79. The van der Waals surface area contributed by atoms with E-state index in [4.69, 9.17) is 14.2 Å². The minimum Gasteiger partial charge on any atom is -0.466 e. The first-order valence-electron chi connectivity index (χ1n) is 13.6. The predicted octanol–water partition coefficient (Wildman–Crippen LogP) is 0.560. The van der Waals surface area contributed by atoms with E-state index in [1.165, 1.54) is 0 Å². The van der Waals surface area contributed by atoms with E-state index in [0.717, 1.165) is 13.1 Å². The lowest BCUT2D eigenvalue weighted by molar-refractivity contribution is -0.162. The molecule has 0 saturated carbocycles. The number of carbonyl (C=O) groups excluding carboxylic acids is 3. The Balaban J connectivity index is 1.65. The van der Waals surface area contributed by atoms with E-state index in [1.54, 1.807) is 11.8 Å². The summed E-state index contributed by atoms with van der Waals surface area (Å²) < 4.78 is 17.5. The average Bonchev–Trinajstić information content (AvgIpc) is 3.47. The predicted molar refractivity (Wildman–Crippen MR) is 131 cm³/mol. The fourth-order valence-corrected chi connectivity index (χ4v) is 7.02. The van der Waals surface area contributed by atoms with Crippen LogP contribution in [0.4, 0.5) is 0 Å². The average molecular weight is 510 g/mol. The lowest BCUT2D eigenvalue weighted by Gasteiger charge is -2.38. The molecule has 0 radical (unpaired) electrons. The number of rotatable bonds is 11. The minimum absolute atomic E-state index is 0.206. The van der Waals surface area contributed by atoms with Crippen molar-refractivity contribution in [3.8, 4) is 0 Å². The second-order valence-electron chi connectivity index (χ2n) is 11.0. The van der Waals surface area contributed by atoms with Crippen molar-refractivity contribution in [1.82, 2.24) is 15.1 Å². The molecule has 4 aliphatic heterocycles. The van der Waals surface area contributed by atoms with Crippen molar-refractivity contribution in [3.63, 3.8) is 0 Å². The first-order chi connectivity index (χ1) is 17.2. The van der Waals surface area contributed by atoms with Crippen molar-refractivity contribution >= 4 is 17.8 Å². The van der Waals surface area contributed by atoms with Gasteiger partial charge >= 0.3 is 5.97 Å². The second kappa shape index (κ2) is 10.9. The summed E-state index contributed by atoms with van der Waals surface area (Å²) in [6.07, 6.45) is 2.22. The molecule has 10 heteroatoms.